The van der Waals surface area contributed by atoms with Gasteiger partial charge in [-0.2, -0.15) is 5.26 Å². The van der Waals surface area contributed by atoms with Gasteiger partial charge in [-0.15, -0.1) is 0 Å². The lowest BCUT2D eigenvalue weighted by molar-refractivity contribution is -0.394. The van der Waals surface area contributed by atoms with E-state index in [2.05, 4.69) is 0 Å². The number of hydrogen-bond acceptors (Lipinski definition) is 6. The normalized spacial score (nSPS) is 35.6. The van der Waals surface area contributed by atoms with Gasteiger partial charge in [0, 0.05) is 6.42 Å². The number of nitriles is 1. The molecule has 6 nitrogen and oxygen atoms in total. The van der Waals surface area contributed by atoms with Crippen molar-refractivity contribution in [1.82, 2.24) is 5.23 Å². The molecule has 1 unspecified atom stereocenters. The molecule has 0 aliphatic carbocycles. The fraction of sp³-hybridized carbons (Fsp3) is 0.778. The minimum absolute atomic E-state index is 0.302. The second kappa shape index (κ2) is 3.77. The zero-order chi connectivity index (χ0) is 10.9. The van der Waals surface area contributed by atoms with E-state index in [1.165, 1.54) is 7.11 Å². The number of methoxy groups -OCH3 is 1. The molecule has 0 N–H and O–H groups in total. The van der Waals surface area contributed by atoms with Gasteiger partial charge >= 0.3 is 5.97 Å². The molecule has 15 heavy (non-hydrogen) atoms. The average Bonchev–Trinajstić information content (AvgIpc) is 2.67. The molecule has 2 fully saturated rings. The van der Waals surface area contributed by atoms with Crippen LogP contribution in [0.5, 0.6) is 0 Å². The third-order valence-electron chi connectivity index (χ3n) is 2.75. The van der Waals surface area contributed by atoms with E-state index in [-0.39, 0.29) is 0 Å². The van der Waals surface area contributed by atoms with Gasteiger partial charge in [-0.3, -0.25) is 9.68 Å². The number of carbonyl (C=O) groups excluding carboxylic acids is 1. The minimum Gasteiger partial charge on any atom is -0.467 e. The van der Waals surface area contributed by atoms with Crippen molar-refractivity contribution in [3.8, 4) is 6.07 Å². The van der Waals surface area contributed by atoms with Crippen LogP contribution in [0.25, 0.3) is 0 Å². The molecule has 0 spiro atoms. The summed E-state index contributed by atoms with van der Waals surface area (Å²) in [7, 11) is 1.32. The first kappa shape index (κ1) is 10.4. The van der Waals surface area contributed by atoms with Crippen LogP contribution >= 0.6 is 0 Å². The van der Waals surface area contributed by atoms with Crippen molar-refractivity contribution in [2.45, 2.75) is 30.9 Å². The van der Waals surface area contributed by atoms with Crippen LogP contribution in [0.4, 0.5) is 0 Å². The SMILES string of the molecule is COC(=O)[C@]12CCCON1OC(C#N)C2. The van der Waals surface area contributed by atoms with Gasteiger partial charge in [0.25, 0.3) is 0 Å². The number of hydroxylamine groups is 2. The van der Waals surface area contributed by atoms with Crippen molar-refractivity contribution >= 4 is 5.97 Å². The number of carbonyl (C=O) groups is 1. The Morgan fingerprint density at radius 3 is 3.20 bits per heavy atom. The van der Waals surface area contributed by atoms with Crippen molar-refractivity contribution in [2.24, 2.45) is 0 Å². The summed E-state index contributed by atoms with van der Waals surface area (Å²) in [5, 5.41) is 9.92. The highest BCUT2D eigenvalue weighted by molar-refractivity contribution is 5.81. The average molecular weight is 212 g/mol. The van der Waals surface area contributed by atoms with E-state index in [1.807, 2.05) is 6.07 Å². The molecule has 2 rings (SSSR count). The minimum atomic E-state index is -0.923. The highest BCUT2D eigenvalue weighted by atomic mass is 17.0. The molecular formula is C9H12N2O4. The second-order valence-electron chi connectivity index (χ2n) is 3.64. The van der Waals surface area contributed by atoms with E-state index in [0.29, 0.717) is 19.4 Å². The highest BCUT2D eigenvalue weighted by Crippen LogP contribution is 2.39. The lowest BCUT2D eigenvalue weighted by atomic mass is 9.88. The number of ether oxygens (including phenoxy) is 1. The van der Waals surface area contributed by atoms with Crippen molar-refractivity contribution in [1.29, 1.82) is 5.26 Å². The Labute approximate surface area is 87.2 Å². The van der Waals surface area contributed by atoms with Gasteiger partial charge in [0.05, 0.1) is 19.8 Å². The van der Waals surface area contributed by atoms with Crippen molar-refractivity contribution in [2.75, 3.05) is 13.7 Å². The van der Waals surface area contributed by atoms with Crippen LogP contribution in [0.1, 0.15) is 19.3 Å². The maximum atomic E-state index is 11.7. The molecule has 82 valence electrons. The van der Waals surface area contributed by atoms with Gasteiger partial charge in [0.1, 0.15) is 0 Å². The summed E-state index contributed by atoms with van der Waals surface area (Å²) < 4.78 is 4.74. The predicted octanol–water partition coefficient (Wildman–Crippen LogP) is 0.153. The molecule has 2 saturated heterocycles. The smallest absolute Gasteiger partial charge is 0.331 e. The molecule has 6 heteroatoms. The summed E-state index contributed by atoms with van der Waals surface area (Å²) in [6.07, 6.45) is 1.02. The number of nitrogens with zero attached hydrogens (tertiary/aromatic N) is 2. The van der Waals surface area contributed by atoms with Crippen molar-refractivity contribution < 1.29 is 19.2 Å². The Balaban J connectivity index is 2.25. The maximum absolute atomic E-state index is 11.7. The van der Waals surface area contributed by atoms with Crippen LogP contribution in [0.2, 0.25) is 0 Å². The second-order valence-corrected chi connectivity index (χ2v) is 3.64. The fourth-order valence-corrected chi connectivity index (χ4v) is 2.01. The van der Waals surface area contributed by atoms with Crippen molar-refractivity contribution in [3.63, 3.8) is 0 Å². The Morgan fingerprint density at radius 1 is 1.73 bits per heavy atom. The first-order chi connectivity index (χ1) is 7.23. The number of esters is 1. The molecule has 0 aromatic carbocycles. The number of rotatable bonds is 1. The zero-order valence-electron chi connectivity index (χ0n) is 8.43. The Kier molecular flexibility index (Phi) is 2.61. The van der Waals surface area contributed by atoms with Crippen LogP contribution in [0.15, 0.2) is 0 Å². The molecule has 0 aromatic heterocycles. The van der Waals surface area contributed by atoms with Gasteiger partial charge in [0.2, 0.25) is 0 Å². The molecule has 0 amide bonds. The van der Waals surface area contributed by atoms with Crippen molar-refractivity contribution in [3.05, 3.63) is 0 Å². The molecule has 0 bridgehead atoms. The lowest BCUT2D eigenvalue weighted by Crippen LogP contribution is -2.53. The van der Waals surface area contributed by atoms with Gasteiger partial charge in [-0.05, 0) is 18.1 Å². The quantitative estimate of drug-likeness (QED) is 0.576. The van der Waals surface area contributed by atoms with Crippen LogP contribution in [-0.2, 0) is 19.2 Å². The van der Waals surface area contributed by atoms with Crippen LogP contribution in [-0.4, -0.2) is 36.6 Å². The zero-order valence-corrected chi connectivity index (χ0v) is 8.43. The van der Waals surface area contributed by atoms with E-state index < -0.39 is 17.6 Å². The number of fused-ring (bicyclic) bond motifs is 1. The Bertz CT molecular complexity index is 314. The fourth-order valence-electron chi connectivity index (χ4n) is 2.01. The summed E-state index contributed by atoms with van der Waals surface area (Å²) in [6, 6.07) is 1.97. The molecule has 2 heterocycles. The van der Waals surface area contributed by atoms with Gasteiger partial charge < -0.3 is 4.74 Å². The monoisotopic (exact) mass is 212 g/mol. The number of hydrogen-bond donors (Lipinski definition) is 0. The van der Waals surface area contributed by atoms with Gasteiger partial charge in [0.15, 0.2) is 11.6 Å². The standard InChI is InChI=1S/C9H12N2O4/c1-13-8(12)9-3-2-4-14-11(9)15-7(5-9)6-10/h7H,2-5H2,1H3/t7?,9-/m1/s1. The predicted molar refractivity (Wildman–Crippen MR) is 46.9 cm³/mol. The summed E-state index contributed by atoms with van der Waals surface area (Å²) in [5.41, 5.74) is -0.923. The van der Waals surface area contributed by atoms with Gasteiger partial charge in [-0.25, -0.2) is 4.79 Å². The Morgan fingerprint density at radius 2 is 2.53 bits per heavy atom. The molecule has 0 aromatic rings. The van der Waals surface area contributed by atoms with E-state index in [1.54, 1.807) is 0 Å². The molecule has 2 aliphatic heterocycles. The first-order valence-electron chi connectivity index (χ1n) is 4.81. The summed E-state index contributed by atoms with van der Waals surface area (Å²) in [4.78, 5) is 22.1. The van der Waals surface area contributed by atoms with Crippen LogP contribution < -0.4 is 0 Å². The molecule has 0 saturated carbocycles. The summed E-state index contributed by atoms with van der Waals surface area (Å²) >= 11 is 0. The van der Waals surface area contributed by atoms with E-state index in [4.69, 9.17) is 19.7 Å². The van der Waals surface area contributed by atoms with E-state index in [9.17, 15) is 4.79 Å². The maximum Gasteiger partial charge on any atom is 0.331 e. The first-order valence-corrected chi connectivity index (χ1v) is 4.81. The summed E-state index contributed by atoms with van der Waals surface area (Å²) in [6.45, 7) is 0.497. The molecule has 2 atom stereocenters. The molecule has 2 aliphatic rings. The van der Waals surface area contributed by atoms with Crippen LogP contribution in [0, 0.1) is 11.3 Å². The Hall–Kier alpha value is -1.16. The third-order valence-corrected chi connectivity index (χ3v) is 2.75. The molecule has 0 radical (unpaired) electrons. The van der Waals surface area contributed by atoms with Gasteiger partial charge in [-0.1, -0.05) is 0 Å². The van der Waals surface area contributed by atoms with E-state index in [0.717, 1.165) is 11.6 Å². The topological polar surface area (TPSA) is 71.8 Å². The molecular weight excluding hydrogens is 200 g/mol. The van der Waals surface area contributed by atoms with Crippen LogP contribution in [0.3, 0.4) is 0 Å². The third kappa shape index (κ3) is 1.49. The largest absolute Gasteiger partial charge is 0.467 e. The lowest BCUT2D eigenvalue weighted by Gasteiger charge is -2.35. The van der Waals surface area contributed by atoms with E-state index >= 15 is 0 Å². The summed E-state index contributed by atoms with van der Waals surface area (Å²) in [5.74, 6) is -0.403. The highest BCUT2D eigenvalue weighted by Gasteiger charge is 2.56.